The van der Waals surface area contributed by atoms with E-state index < -0.39 is 0 Å². The van der Waals surface area contributed by atoms with Crippen LogP contribution in [0.1, 0.15) is 0 Å². The van der Waals surface area contributed by atoms with Crippen LogP contribution in [-0.2, 0) is 0 Å². The summed E-state index contributed by atoms with van der Waals surface area (Å²) in [6.45, 7) is 0. The SMILES string of the molecule is c1ccc(-c2cccc(-c3ccc(-c4cccc(-c5ccccc5)c4)c4oc(-c5ccc(-c6ccc(-c7ccc(-c8ccccn8)nc7-c7ccc(-c8ccc(-c9nc%10c(-c%11cccc(-c%12ccccc%12)c%11)ccc(-c%11cccc(-c%12ccccc%12)c%11)c%10o9)cc8)cc7)cc6)cc5)nc34)c2)cc1. The molecule has 0 bridgehead atoms. The molecule has 0 atom stereocenters. The molecule has 6 nitrogen and oxygen atoms in total. The fraction of sp³-hybridized carbons (Fsp3) is 0. The molecule has 18 aromatic rings. The van der Waals surface area contributed by atoms with E-state index in [4.69, 9.17) is 28.8 Å². The van der Waals surface area contributed by atoms with Crippen molar-refractivity contribution < 1.29 is 8.83 Å². The summed E-state index contributed by atoms with van der Waals surface area (Å²) in [7, 11) is 0. The Bertz CT molecular complexity index is 5810. The van der Waals surface area contributed by atoms with Crippen molar-refractivity contribution in [2.45, 2.75) is 0 Å². The van der Waals surface area contributed by atoms with Crippen molar-refractivity contribution in [3.05, 3.63) is 376 Å². The maximum Gasteiger partial charge on any atom is 0.227 e. The lowest BCUT2D eigenvalue weighted by Gasteiger charge is -2.13. The van der Waals surface area contributed by atoms with Crippen molar-refractivity contribution in [1.29, 1.82) is 0 Å². The Morgan fingerprint density at radius 1 is 0.176 bits per heavy atom. The van der Waals surface area contributed by atoms with Crippen molar-refractivity contribution in [3.8, 4) is 168 Å². The van der Waals surface area contributed by atoms with Gasteiger partial charge in [-0.1, -0.05) is 285 Å². The molecule has 6 heteroatoms. The molecule has 0 saturated carbocycles. The van der Waals surface area contributed by atoms with E-state index in [0.29, 0.717) is 11.8 Å². The van der Waals surface area contributed by atoms with Crippen molar-refractivity contribution in [2.75, 3.05) is 0 Å². The third-order valence-corrected chi connectivity index (χ3v) is 19.3. The van der Waals surface area contributed by atoms with Crippen LogP contribution in [0.2, 0.25) is 0 Å². The predicted molar refractivity (Wildman–Crippen MR) is 419 cm³/mol. The molecular formula is C96H62N4O2. The van der Waals surface area contributed by atoms with E-state index in [1.165, 1.54) is 0 Å². The first-order valence-corrected chi connectivity index (χ1v) is 34.4. The third kappa shape index (κ3) is 11.9. The molecule has 0 radical (unpaired) electrons. The topological polar surface area (TPSA) is 77.8 Å². The Morgan fingerprint density at radius 3 is 0.843 bits per heavy atom. The van der Waals surface area contributed by atoms with Gasteiger partial charge in [0.15, 0.2) is 11.2 Å². The number of pyridine rings is 2. The minimum absolute atomic E-state index is 0.556. The van der Waals surface area contributed by atoms with Crippen molar-refractivity contribution in [1.82, 2.24) is 19.9 Å². The molecular weight excluding hydrogens is 1240 g/mol. The van der Waals surface area contributed by atoms with Gasteiger partial charge < -0.3 is 8.83 Å². The first kappa shape index (κ1) is 60.7. The lowest BCUT2D eigenvalue weighted by Crippen LogP contribution is -1.94. The average molecular weight is 1300 g/mol. The van der Waals surface area contributed by atoms with Gasteiger partial charge in [0.2, 0.25) is 11.8 Å². The van der Waals surface area contributed by atoms with E-state index in [1.807, 2.05) is 42.6 Å². The van der Waals surface area contributed by atoms with Crippen molar-refractivity contribution in [2.24, 2.45) is 0 Å². The monoisotopic (exact) mass is 1300 g/mol. The fourth-order valence-corrected chi connectivity index (χ4v) is 14.0. The highest BCUT2D eigenvalue weighted by Gasteiger charge is 2.22. The lowest BCUT2D eigenvalue weighted by molar-refractivity contribution is 0.620. The van der Waals surface area contributed by atoms with Crippen molar-refractivity contribution in [3.63, 3.8) is 0 Å². The van der Waals surface area contributed by atoms with Gasteiger partial charge in [0.05, 0.1) is 17.1 Å². The Morgan fingerprint density at radius 2 is 0.471 bits per heavy atom. The maximum atomic E-state index is 6.94. The van der Waals surface area contributed by atoms with Gasteiger partial charge in [-0.3, -0.25) is 4.98 Å². The molecule has 4 heterocycles. The van der Waals surface area contributed by atoms with Gasteiger partial charge in [-0.05, 0) is 180 Å². The molecule has 0 N–H and O–H groups in total. The Labute approximate surface area is 591 Å². The van der Waals surface area contributed by atoms with E-state index in [0.717, 1.165) is 178 Å². The summed E-state index contributed by atoms with van der Waals surface area (Å²) < 4.78 is 13.9. The summed E-state index contributed by atoms with van der Waals surface area (Å²) in [5.41, 5.74) is 32.1. The zero-order chi connectivity index (χ0) is 67.7. The molecule has 0 saturated heterocycles. The number of oxazole rings is 2. The molecule has 0 spiro atoms. The molecule has 478 valence electrons. The smallest absolute Gasteiger partial charge is 0.227 e. The van der Waals surface area contributed by atoms with Gasteiger partial charge in [-0.25, -0.2) is 15.0 Å². The van der Waals surface area contributed by atoms with Crippen LogP contribution >= 0.6 is 0 Å². The molecule has 0 amide bonds. The van der Waals surface area contributed by atoms with Crippen LogP contribution in [-0.4, -0.2) is 19.9 Å². The molecule has 0 aliphatic carbocycles. The van der Waals surface area contributed by atoms with Crippen LogP contribution in [0.5, 0.6) is 0 Å². The Hall–Kier alpha value is -13.7. The first-order valence-electron chi connectivity index (χ1n) is 34.4. The number of benzene rings is 14. The summed E-state index contributed by atoms with van der Waals surface area (Å²) in [6, 6.07) is 130. The van der Waals surface area contributed by atoms with E-state index in [2.05, 4.69) is 334 Å². The van der Waals surface area contributed by atoms with Gasteiger partial charge in [-0.2, -0.15) is 0 Å². The van der Waals surface area contributed by atoms with E-state index in [9.17, 15) is 0 Å². The number of hydrogen-bond acceptors (Lipinski definition) is 6. The van der Waals surface area contributed by atoms with Crippen LogP contribution < -0.4 is 0 Å². The van der Waals surface area contributed by atoms with Crippen LogP contribution in [0, 0.1) is 0 Å². The largest absolute Gasteiger partial charge is 0.435 e. The quantitative estimate of drug-likeness (QED) is 0.102. The van der Waals surface area contributed by atoms with Gasteiger partial charge in [-0.15, -0.1) is 0 Å². The summed E-state index contributed by atoms with van der Waals surface area (Å²) in [5, 5.41) is 0. The maximum absolute atomic E-state index is 6.94. The van der Waals surface area contributed by atoms with Gasteiger partial charge in [0, 0.05) is 50.7 Å². The number of rotatable bonds is 15. The van der Waals surface area contributed by atoms with Crippen LogP contribution in [0.3, 0.4) is 0 Å². The highest BCUT2D eigenvalue weighted by atomic mass is 16.4. The van der Waals surface area contributed by atoms with Crippen LogP contribution in [0.25, 0.3) is 190 Å². The minimum atomic E-state index is 0.556. The lowest BCUT2D eigenvalue weighted by atomic mass is 9.94. The summed E-state index contributed by atoms with van der Waals surface area (Å²) >= 11 is 0. The van der Waals surface area contributed by atoms with Crippen molar-refractivity contribution >= 4 is 22.2 Å². The van der Waals surface area contributed by atoms with E-state index >= 15 is 0 Å². The molecule has 4 aromatic heterocycles. The number of nitrogens with zero attached hydrogens (tertiary/aromatic N) is 4. The molecule has 0 aliphatic heterocycles. The second-order valence-electron chi connectivity index (χ2n) is 25.6. The average Bonchev–Trinajstić information content (AvgIpc) is 1.58. The highest BCUT2D eigenvalue weighted by molar-refractivity contribution is 6.03. The normalized spacial score (nSPS) is 11.3. The fourth-order valence-electron chi connectivity index (χ4n) is 14.0. The summed E-state index contributed by atoms with van der Waals surface area (Å²) in [5.74, 6) is 1.11. The summed E-state index contributed by atoms with van der Waals surface area (Å²) in [6.07, 6.45) is 1.81. The number of hydrogen-bond donors (Lipinski definition) is 0. The zero-order valence-electron chi connectivity index (χ0n) is 55.4. The highest BCUT2D eigenvalue weighted by Crippen LogP contribution is 2.44. The second-order valence-corrected chi connectivity index (χ2v) is 25.6. The Balaban J connectivity index is 0.639. The van der Waals surface area contributed by atoms with Crippen LogP contribution in [0.4, 0.5) is 0 Å². The molecule has 102 heavy (non-hydrogen) atoms. The minimum Gasteiger partial charge on any atom is -0.435 e. The second kappa shape index (κ2) is 26.6. The predicted octanol–water partition coefficient (Wildman–Crippen LogP) is 25.8. The molecule has 0 aliphatic rings. The zero-order valence-corrected chi connectivity index (χ0v) is 55.4. The van der Waals surface area contributed by atoms with E-state index in [1.54, 1.807) is 0 Å². The molecule has 0 unspecified atom stereocenters. The molecule has 18 rings (SSSR count). The number of aromatic nitrogens is 4. The van der Waals surface area contributed by atoms with E-state index in [-0.39, 0.29) is 0 Å². The first-order chi connectivity index (χ1) is 50.5. The molecule has 0 fully saturated rings. The summed E-state index contributed by atoms with van der Waals surface area (Å²) in [4.78, 5) is 20.7. The van der Waals surface area contributed by atoms with Gasteiger partial charge in [0.1, 0.15) is 11.0 Å². The van der Waals surface area contributed by atoms with Gasteiger partial charge >= 0.3 is 0 Å². The van der Waals surface area contributed by atoms with Crippen LogP contribution in [0.15, 0.2) is 385 Å². The third-order valence-electron chi connectivity index (χ3n) is 19.3. The van der Waals surface area contributed by atoms with Gasteiger partial charge in [0.25, 0.3) is 0 Å². The molecule has 14 aromatic carbocycles. The Kier molecular flexibility index (Phi) is 15.8. The number of fused-ring (bicyclic) bond motifs is 2. The standard InChI is InChI=1S/C96H62N4O2/c1-5-19-63(20-6-1)75-27-15-31-79(59-75)84-52-54-86(81-33-17-29-77(61-81)65-23-9-3-10-24-65)93-91(84)99-95(101-93)73-48-40-69(41-49-73)67-36-44-71(45-37-67)83-56-57-89(88-35-13-14-58-97-88)98-90(83)72-46-38-68(39-47-72)70-42-50-74(51-43-70)96-100-92-85(80-32-16-28-76(60-80)64-21-7-2-8-22-64)53-55-87(94(92)102-96)82-34-18-30-78(62-82)66-25-11-4-12-26-66/h1-62H.